The molecular weight excluding hydrogens is 216 g/mol. The summed E-state index contributed by atoms with van der Waals surface area (Å²) in [6.45, 7) is 12.9. The van der Waals surface area contributed by atoms with Crippen LogP contribution in [0.4, 0.5) is 4.79 Å². The summed E-state index contributed by atoms with van der Waals surface area (Å²) in [4.78, 5) is 13.0. The van der Waals surface area contributed by atoms with Crippen molar-refractivity contribution in [2.45, 2.75) is 59.5 Å². The summed E-state index contributed by atoms with van der Waals surface area (Å²) in [5.41, 5.74) is -0.265. The van der Waals surface area contributed by atoms with Crippen molar-refractivity contribution in [2.24, 2.45) is 5.41 Å². The zero-order valence-electron chi connectivity index (χ0n) is 12.3. The maximum atomic E-state index is 11.4. The van der Waals surface area contributed by atoms with Crippen LogP contribution in [0, 0.1) is 5.41 Å². The lowest BCUT2D eigenvalue weighted by Crippen LogP contribution is -2.55. The van der Waals surface area contributed by atoms with E-state index in [-0.39, 0.29) is 17.0 Å². The zero-order valence-corrected chi connectivity index (χ0v) is 12.3. The Hall–Kier alpha value is -0.770. The van der Waals surface area contributed by atoms with Crippen LogP contribution in [0.25, 0.3) is 0 Å². The first-order chi connectivity index (χ1) is 7.49. The second-order valence-electron chi connectivity index (χ2n) is 6.80. The second-order valence-corrected chi connectivity index (χ2v) is 6.80. The molecule has 0 radical (unpaired) electrons. The third-order valence-electron chi connectivity index (χ3n) is 2.58. The summed E-state index contributed by atoms with van der Waals surface area (Å²) < 4.78 is 0. The molecule has 0 aromatic rings. The molecule has 0 spiro atoms. The van der Waals surface area contributed by atoms with Gasteiger partial charge in [0.15, 0.2) is 0 Å². The summed E-state index contributed by atoms with van der Waals surface area (Å²) in [7, 11) is 1.86. The van der Waals surface area contributed by atoms with Crippen molar-refractivity contribution >= 4 is 6.09 Å². The number of carboxylic acid groups (broad SMARTS) is 1. The molecule has 0 rings (SSSR count). The molecule has 2 N–H and O–H groups in total. The number of rotatable bonds is 4. The molecule has 1 atom stereocenters. The van der Waals surface area contributed by atoms with E-state index in [0.29, 0.717) is 6.54 Å². The third kappa shape index (κ3) is 5.91. The fraction of sp³-hybridized carbons (Fsp3) is 0.923. The Bertz CT molecular complexity index is 251. The van der Waals surface area contributed by atoms with Gasteiger partial charge in [-0.3, -0.25) is 4.90 Å². The van der Waals surface area contributed by atoms with Gasteiger partial charge in [0, 0.05) is 18.1 Å². The predicted octanol–water partition coefficient (Wildman–Crippen LogP) is 2.79. The molecule has 17 heavy (non-hydrogen) atoms. The zero-order chi connectivity index (χ0) is 13.9. The molecule has 1 unspecified atom stereocenters. The van der Waals surface area contributed by atoms with Gasteiger partial charge in [-0.05, 0) is 39.7 Å². The summed E-state index contributed by atoms with van der Waals surface area (Å²) in [5.74, 6) is 0. The quantitative estimate of drug-likeness (QED) is 0.799. The van der Waals surface area contributed by atoms with Gasteiger partial charge in [-0.15, -0.1) is 0 Å². The van der Waals surface area contributed by atoms with Crippen molar-refractivity contribution in [1.82, 2.24) is 10.2 Å². The van der Waals surface area contributed by atoms with Gasteiger partial charge < -0.3 is 10.4 Å². The topological polar surface area (TPSA) is 52.6 Å². The highest BCUT2D eigenvalue weighted by Gasteiger charge is 2.34. The van der Waals surface area contributed by atoms with Crippen LogP contribution in [0.15, 0.2) is 0 Å². The molecule has 0 aliphatic heterocycles. The van der Waals surface area contributed by atoms with E-state index in [4.69, 9.17) is 0 Å². The molecule has 0 aliphatic carbocycles. The van der Waals surface area contributed by atoms with E-state index >= 15 is 0 Å². The van der Waals surface area contributed by atoms with Crippen LogP contribution >= 0.6 is 0 Å². The number of nitrogens with one attached hydrogen (secondary N) is 1. The highest BCUT2D eigenvalue weighted by atomic mass is 16.4. The van der Waals surface area contributed by atoms with E-state index in [1.54, 1.807) is 4.90 Å². The van der Waals surface area contributed by atoms with Crippen LogP contribution in [-0.4, -0.2) is 41.3 Å². The van der Waals surface area contributed by atoms with Crippen LogP contribution in [0.2, 0.25) is 0 Å². The van der Waals surface area contributed by atoms with Gasteiger partial charge in [0.1, 0.15) is 0 Å². The van der Waals surface area contributed by atoms with E-state index < -0.39 is 6.09 Å². The van der Waals surface area contributed by atoms with Gasteiger partial charge in [0.25, 0.3) is 0 Å². The summed E-state index contributed by atoms with van der Waals surface area (Å²) >= 11 is 0. The molecular formula is C13H28N2O2. The molecule has 0 fully saturated rings. The van der Waals surface area contributed by atoms with Crippen LogP contribution < -0.4 is 5.32 Å². The van der Waals surface area contributed by atoms with Crippen molar-refractivity contribution in [2.75, 3.05) is 13.6 Å². The maximum absolute atomic E-state index is 11.4. The number of nitrogens with zero attached hydrogens (tertiary/aromatic N) is 1. The minimum atomic E-state index is -0.845. The highest BCUT2D eigenvalue weighted by Crippen LogP contribution is 2.27. The molecule has 0 heterocycles. The molecule has 0 saturated carbocycles. The molecule has 1 amide bonds. The van der Waals surface area contributed by atoms with Gasteiger partial charge in [0.05, 0.1) is 0 Å². The Morgan fingerprint density at radius 3 is 1.94 bits per heavy atom. The summed E-state index contributed by atoms with van der Waals surface area (Å²) in [6.07, 6.45) is -0.000718. The Balaban J connectivity index is 5.04. The molecule has 4 nitrogen and oxygen atoms in total. The van der Waals surface area contributed by atoms with Crippen molar-refractivity contribution in [3.63, 3.8) is 0 Å². The number of likely N-dealkylation sites (N-methyl/N-ethyl adjacent to an activating group) is 1. The summed E-state index contributed by atoms with van der Waals surface area (Å²) in [6, 6.07) is -0.00231. The Kier molecular flexibility index (Phi) is 5.46. The Morgan fingerprint density at radius 1 is 1.24 bits per heavy atom. The van der Waals surface area contributed by atoms with Crippen LogP contribution in [0.3, 0.4) is 0 Å². The predicted molar refractivity (Wildman–Crippen MR) is 71.4 cm³/mol. The molecule has 0 bridgehead atoms. The maximum Gasteiger partial charge on any atom is 0.408 e. The smallest absolute Gasteiger partial charge is 0.408 e. The van der Waals surface area contributed by atoms with Gasteiger partial charge in [-0.2, -0.15) is 0 Å². The van der Waals surface area contributed by atoms with E-state index in [1.807, 2.05) is 27.8 Å². The molecule has 4 heteroatoms. The fourth-order valence-corrected chi connectivity index (χ4v) is 2.19. The Morgan fingerprint density at radius 2 is 1.71 bits per heavy atom. The third-order valence-corrected chi connectivity index (χ3v) is 2.58. The first-order valence-corrected chi connectivity index (χ1v) is 6.16. The minimum absolute atomic E-state index is 0.00231. The van der Waals surface area contributed by atoms with Gasteiger partial charge in [-0.25, -0.2) is 4.79 Å². The average molecular weight is 244 g/mol. The van der Waals surface area contributed by atoms with E-state index in [9.17, 15) is 9.90 Å². The molecule has 0 aromatic heterocycles. The molecule has 0 aromatic carbocycles. The van der Waals surface area contributed by atoms with E-state index in [0.717, 1.165) is 6.42 Å². The van der Waals surface area contributed by atoms with Crippen LogP contribution in [0.1, 0.15) is 48.0 Å². The van der Waals surface area contributed by atoms with Crippen LogP contribution in [0.5, 0.6) is 0 Å². The van der Waals surface area contributed by atoms with Crippen molar-refractivity contribution < 1.29 is 9.90 Å². The Labute approximate surface area is 105 Å². The lowest BCUT2D eigenvalue weighted by molar-refractivity contribution is 0.0559. The van der Waals surface area contributed by atoms with E-state index in [2.05, 4.69) is 26.1 Å². The van der Waals surface area contributed by atoms with Crippen molar-refractivity contribution in [1.29, 1.82) is 0 Å². The van der Waals surface area contributed by atoms with Crippen molar-refractivity contribution in [3.8, 4) is 0 Å². The minimum Gasteiger partial charge on any atom is -0.465 e. The van der Waals surface area contributed by atoms with Gasteiger partial charge in [-0.1, -0.05) is 20.8 Å². The first-order valence-electron chi connectivity index (χ1n) is 6.16. The average Bonchev–Trinajstić information content (AvgIpc) is 1.96. The van der Waals surface area contributed by atoms with E-state index in [1.165, 1.54) is 0 Å². The van der Waals surface area contributed by atoms with Crippen molar-refractivity contribution in [3.05, 3.63) is 0 Å². The lowest BCUT2D eigenvalue weighted by atomic mass is 9.86. The molecule has 0 aliphatic rings. The monoisotopic (exact) mass is 244 g/mol. The normalized spacial score (nSPS) is 14.5. The number of hydrogen-bond acceptors (Lipinski definition) is 2. The number of carbonyl (C=O) groups is 1. The largest absolute Gasteiger partial charge is 0.465 e. The van der Waals surface area contributed by atoms with Gasteiger partial charge in [0.2, 0.25) is 0 Å². The fourth-order valence-electron chi connectivity index (χ4n) is 2.19. The number of amides is 1. The molecule has 0 saturated heterocycles. The lowest BCUT2D eigenvalue weighted by Gasteiger charge is -2.42. The molecule has 102 valence electrons. The van der Waals surface area contributed by atoms with Gasteiger partial charge >= 0.3 is 6.09 Å². The number of hydrogen-bond donors (Lipinski definition) is 2. The first kappa shape index (κ1) is 16.2. The van der Waals surface area contributed by atoms with Crippen LogP contribution in [-0.2, 0) is 0 Å². The summed E-state index contributed by atoms with van der Waals surface area (Å²) in [5, 5.41) is 12.5. The second kappa shape index (κ2) is 5.71. The highest BCUT2D eigenvalue weighted by molar-refractivity contribution is 5.66. The standard InChI is InChI=1S/C13H28N2O2/c1-12(2,3)8-10(9-14-7)15(11(16)17)13(4,5)6/h10,14H,8-9H2,1-7H3,(H,16,17). The SMILES string of the molecule is CNCC(CC(C)(C)C)N(C(=O)O)C(C)(C)C.